The van der Waals surface area contributed by atoms with E-state index in [-0.39, 0.29) is 41.0 Å². The van der Waals surface area contributed by atoms with E-state index >= 15 is 0 Å². The summed E-state index contributed by atoms with van der Waals surface area (Å²) in [5.41, 5.74) is 6.38. The van der Waals surface area contributed by atoms with Crippen LogP contribution >= 0.6 is 0 Å². The second-order valence-electron chi connectivity index (χ2n) is 8.32. The number of hydrogen-bond acceptors (Lipinski definition) is 4. The number of nitrogens with zero attached hydrogens (tertiary/aromatic N) is 1. The molecule has 1 aliphatic heterocycles. The van der Waals surface area contributed by atoms with Crippen LogP contribution in [0.2, 0.25) is 5.04 Å². The SMILES string of the molecule is CC(C)(C)[Si]OC(C)(C)C1CC[C@@H](N)N1CC(=O)c1ccc(F)cc1. The van der Waals surface area contributed by atoms with Crippen LogP contribution < -0.4 is 5.73 Å². The van der Waals surface area contributed by atoms with Gasteiger partial charge in [-0.25, -0.2) is 4.39 Å². The summed E-state index contributed by atoms with van der Waals surface area (Å²) in [6.45, 7) is 10.8. The Morgan fingerprint density at radius 3 is 2.40 bits per heavy atom. The first-order valence-corrected chi connectivity index (χ1v) is 9.66. The molecule has 1 aromatic rings. The Hall–Kier alpha value is -1.08. The van der Waals surface area contributed by atoms with Gasteiger partial charge in [-0.1, -0.05) is 20.8 Å². The summed E-state index contributed by atoms with van der Waals surface area (Å²) in [6, 6.07) is 5.76. The highest BCUT2D eigenvalue weighted by Crippen LogP contribution is 2.33. The molecule has 1 aliphatic rings. The van der Waals surface area contributed by atoms with Crippen LogP contribution in [0.5, 0.6) is 0 Å². The lowest BCUT2D eigenvalue weighted by molar-refractivity contribution is 0.00999. The zero-order valence-corrected chi connectivity index (χ0v) is 16.8. The van der Waals surface area contributed by atoms with Crippen LogP contribution in [0.3, 0.4) is 0 Å². The molecule has 0 spiro atoms. The van der Waals surface area contributed by atoms with Gasteiger partial charge in [0.2, 0.25) is 9.76 Å². The molecule has 1 unspecified atom stereocenters. The lowest BCUT2D eigenvalue weighted by Gasteiger charge is -2.40. The van der Waals surface area contributed by atoms with E-state index in [1.54, 1.807) is 0 Å². The highest BCUT2D eigenvalue weighted by molar-refractivity contribution is 6.31. The summed E-state index contributed by atoms with van der Waals surface area (Å²) in [5, 5.41) is 0.104. The van der Waals surface area contributed by atoms with Crippen molar-refractivity contribution in [2.75, 3.05) is 6.54 Å². The van der Waals surface area contributed by atoms with Gasteiger partial charge in [-0.05, 0) is 56.0 Å². The van der Waals surface area contributed by atoms with E-state index in [0.717, 1.165) is 12.8 Å². The van der Waals surface area contributed by atoms with Gasteiger partial charge in [0.15, 0.2) is 5.78 Å². The first kappa shape index (κ1) is 20.2. The van der Waals surface area contributed by atoms with Crippen molar-refractivity contribution >= 4 is 15.5 Å². The van der Waals surface area contributed by atoms with Gasteiger partial charge in [0.1, 0.15) is 5.82 Å². The number of benzene rings is 1. The molecule has 0 amide bonds. The van der Waals surface area contributed by atoms with Gasteiger partial charge in [0, 0.05) is 11.6 Å². The summed E-state index contributed by atoms with van der Waals surface area (Å²) in [5.74, 6) is -0.388. The summed E-state index contributed by atoms with van der Waals surface area (Å²) >= 11 is 0. The lowest BCUT2D eigenvalue weighted by atomic mass is 9.96. The van der Waals surface area contributed by atoms with E-state index in [4.69, 9.17) is 10.2 Å². The molecule has 138 valence electrons. The largest absolute Gasteiger partial charge is 0.410 e. The maximum Gasteiger partial charge on any atom is 0.236 e. The number of nitrogens with two attached hydrogens (primary N) is 1. The Kier molecular flexibility index (Phi) is 6.20. The summed E-state index contributed by atoms with van der Waals surface area (Å²) in [4.78, 5) is 14.6. The molecular weight excluding hydrogens is 335 g/mol. The maximum atomic E-state index is 13.1. The topological polar surface area (TPSA) is 55.6 Å². The monoisotopic (exact) mass is 364 g/mol. The van der Waals surface area contributed by atoms with Crippen LogP contribution in [0.25, 0.3) is 0 Å². The van der Waals surface area contributed by atoms with E-state index in [0.29, 0.717) is 15.3 Å². The summed E-state index contributed by atoms with van der Waals surface area (Å²) in [7, 11) is 0.375. The number of carbonyl (C=O) groups excluding carboxylic acids is 1. The molecule has 2 radical (unpaired) electrons. The molecule has 6 heteroatoms. The van der Waals surface area contributed by atoms with Gasteiger partial charge in [0.25, 0.3) is 0 Å². The van der Waals surface area contributed by atoms with Crippen molar-refractivity contribution < 1.29 is 13.6 Å². The zero-order chi connectivity index (χ0) is 18.8. The fourth-order valence-corrected chi connectivity index (χ4v) is 3.82. The molecule has 4 nitrogen and oxygen atoms in total. The first-order valence-electron chi connectivity index (χ1n) is 8.75. The fourth-order valence-electron chi connectivity index (χ4n) is 3.11. The molecule has 1 fully saturated rings. The van der Waals surface area contributed by atoms with Gasteiger partial charge in [-0.3, -0.25) is 9.69 Å². The van der Waals surface area contributed by atoms with Gasteiger partial charge in [-0.15, -0.1) is 0 Å². The molecule has 1 aromatic carbocycles. The third-order valence-corrected chi connectivity index (χ3v) is 5.72. The van der Waals surface area contributed by atoms with Gasteiger partial charge in [0.05, 0.1) is 18.3 Å². The highest BCUT2D eigenvalue weighted by atomic mass is 28.2. The Bertz CT molecular complexity index is 598. The number of ketones is 1. The quantitative estimate of drug-likeness (QED) is 0.621. The van der Waals surface area contributed by atoms with Gasteiger partial charge in [-0.2, -0.15) is 0 Å². The molecule has 0 aromatic heterocycles. The second-order valence-corrected chi connectivity index (χ2v) is 10.2. The summed E-state index contributed by atoms with van der Waals surface area (Å²) < 4.78 is 19.3. The minimum Gasteiger partial charge on any atom is -0.410 e. The van der Waals surface area contributed by atoms with Crippen molar-refractivity contribution in [3.63, 3.8) is 0 Å². The smallest absolute Gasteiger partial charge is 0.236 e. The van der Waals surface area contributed by atoms with Crippen molar-refractivity contribution in [3.05, 3.63) is 35.6 Å². The van der Waals surface area contributed by atoms with Crippen molar-refractivity contribution in [1.82, 2.24) is 4.90 Å². The summed E-state index contributed by atoms with van der Waals surface area (Å²) in [6.07, 6.45) is 1.59. The van der Waals surface area contributed by atoms with E-state index in [2.05, 4.69) is 34.6 Å². The Morgan fingerprint density at radius 2 is 1.84 bits per heavy atom. The molecular formula is C19H29FN2O2Si. The molecule has 0 aliphatic carbocycles. The molecule has 2 atom stereocenters. The number of rotatable bonds is 6. The third-order valence-electron chi connectivity index (χ3n) is 4.48. The van der Waals surface area contributed by atoms with E-state index in [1.165, 1.54) is 24.3 Å². The zero-order valence-electron chi connectivity index (χ0n) is 15.8. The predicted octanol–water partition coefficient (Wildman–Crippen LogP) is 3.39. The number of hydrogen-bond donors (Lipinski definition) is 1. The van der Waals surface area contributed by atoms with E-state index < -0.39 is 0 Å². The average molecular weight is 365 g/mol. The van der Waals surface area contributed by atoms with Gasteiger partial charge >= 0.3 is 0 Å². The van der Waals surface area contributed by atoms with Crippen LogP contribution in [0.4, 0.5) is 4.39 Å². The highest BCUT2D eigenvalue weighted by Gasteiger charge is 2.42. The van der Waals surface area contributed by atoms with Crippen LogP contribution in [0, 0.1) is 5.82 Å². The predicted molar refractivity (Wildman–Crippen MR) is 99.1 cm³/mol. The molecule has 0 bridgehead atoms. The standard InChI is InChI=1S/C19H29FN2O2Si/c1-18(2,3)25-24-19(4,5)16-10-11-17(21)22(16)12-15(23)13-6-8-14(20)9-7-13/h6-9,16-17H,10-12,21H2,1-5H3/t16?,17-/m0/s1. The van der Waals surface area contributed by atoms with Crippen LogP contribution in [0.15, 0.2) is 24.3 Å². The Morgan fingerprint density at radius 1 is 1.24 bits per heavy atom. The van der Waals surface area contributed by atoms with E-state index in [1.807, 2.05) is 4.90 Å². The van der Waals surface area contributed by atoms with Gasteiger partial charge < -0.3 is 10.2 Å². The van der Waals surface area contributed by atoms with Crippen molar-refractivity contribution in [2.45, 2.75) is 70.3 Å². The molecule has 1 saturated heterocycles. The fraction of sp³-hybridized carbons (Fsp3) is 0.632. The van der Waals surface area contributed by atoms with Crippen LogP contribution in [-0.4, -0.2) is 44.8 Å². The molecule has 2 rings (SSSR count). The van der Waals surface area contributed by atoms with Crippen molar-refractivity contribution in [3.8, 4) is 0 Å². The lowest BCUT2D eigenvalue weighted by Crippen LogP contribution is -2.54. The number of halogens is 1. The minimum atomic E-state index is -0.386. The Balaban J connectivity index is 2.09. The number of Topliss-reactive ketones (excluding diaryl/α,β-unsaturated/α-hetero) is 1. The van der Waals surface area contributed by atoms with E-state index in [9.17, 15) is 9.18 Å². The normalized spacial score (nSPS) is 22.4. The van der Waals surface area contributed by atoms with Crippen molar-refractivity contribution in [2.24, 2.45) is 5.73 Å². The van der Waals surface area contributed by atoms with Crippen LogP contribution in [-0.2, 0) is 4.43 Å². The molecule has 1 heterocycles. The maximum absolute atomic E-state index is 13.1. The molecule has 25 heavy (non-hydrogen) atoms. The first-order chi connectivity index (χ1) is 11.5. The average Bonchev–Trinajstić information content (AvgIpc) is 2.87. The Labute approximate surface area is 152 Å². The molecule has 0 saturated carbocycles. The molecule has 2 N–H and O–H groups in total. The number of likely N-dealkylation sites (tertiary alicyclic amines) is 1. The minimum absolute atomic E-state index is 0.0450. The third kappa shape index (κ3) is 5.44. The second kappa shape index (κ2) is 7.66. The van der Waals surface area contributed by atoms with Crippen LogP contribution in [0.1, 0.15) is 57.8 Å². The number of carbonyl (C=O) groups is 1. The van der Waals surface area contributed by atoms with Crippen molar-refractivity contribution in [1.29, 1.82) is 0 Å².